The summed E-state index contributed by atoms with van der Waals surface area (Å²) in [4.78, 5) is 40.9. The number of H-pyrrole nitrogens is 1. The van der Waals surface area contributed by atoms with Crippen LogP contribution in [-0.4, -0.2) is 48.5 Å². The highest BCUT2D eigenvalue weighted by molar-refractivity contribution is 7.08. The van der Waals surface area contributed by atoms with E-state index in [0.717, 1.165) is 0 Å². The molecule has 140 valence electrons. The summed E-state index contributed by atoms with van der Waals surface area (Å²) in [6.07, 6.45) is 3.40. The van der Waals surface area contributed by atoms with Crippen molar-refractivity contribution in [3.8, 4) is 17.1 Å². The number of amides is 2. The van der Waals surface area contributed by atoms with E-state index in [9.17, 15) is 19.5 Å². The van der Waals surface area contributed by atoms with Crippen LogP contribution >= 0.6 is 11.3 Å². The van der Waals surface area contributed by atoms with Gasteiger partial charge in [0.05, 0.1) is 17.8 Å². The van der Waals surface area contributed by atoms with Crippen LogP contribution in [0.4, 0.5) is 10.5 Å². The first-order valence-electron chi connectivity index (χ1n) is 7.61. The zero-order valence-electron chi connectivity index (χ0n) is 13.7. The molecule has 0 spiro atoms. The zero-order valence-corrected chi connectivity index (χ0v) is 14.5. The molecule has 0 saturated carbocycles. The van der Waals surface area contributed by atoms with E-state index in [1.807, 2.05) is 0 Å². The van der Waals surface area contributed by atoms with Crippen LogP contribution < -0.4 is 16.2 Å². The summed E-state index contributed by atoms with van der Waals surface area (Å²) < 4.78 is 1.66. The number of hydrogen-bond donors (Lipinski definition) is 5. The van der Waals surface area contributed by atoms with Crippen LogP contribution in [0, 0.1) is 0 Å². The quantitative estimate of drug-likeness (QED) is 0.418. The van der Waals surface area contributed by atoms with Gasteiger partial charge in [-0.1, -0.05) is 0 Å². The molecule has 12 heteroatoms. The van der Waals surface area contributed by atoms with Gasteiger partial charge in [0.2, 0.25) is 5.75 Å². The second-order valence-electron chi connectivity index (χ2n) is 5.27. The van der Waals surface area contributed by atoms with E-state index in [0.29, 0.717) is 24.3 Å². The number of rotatable bonds is 6. The molecule has 5 N–H and O–H groups in total. The highest BCUT2D eigenvalue weighted by atomic mass is 32.1. The molecule has 0 fully saturated rings. The summed E-state index contributed by atoms with van der Waals surface area (Å²) in [5.74, 6) is -2.60. The maximum Gasteiger partial charge on any atom is 0.358 e. The van der Waals surface area contributed by atoms with Crippen molar-refractivity contribution in [3.05, 3.63) is 45.3 Å². The second-order valence-corrected chi connectivity index (χ2v) is 6.01. The van der Waals surface area contributed by atoms with Gasteiger partial charge in [0.1, 0.15) is 5.82 Å². The van der Waals surface area contributed by atoms with Gasteiger partial charge in [-0.3, -0.25) is 9.48 Å². The molecular formula is C15H14N6O5S. The number of anilines is 1. The lowest BCUT2D eigenvalue weighted by Gasteiger charge is -2.09. The molecule has 27 heavy (non-hydrogen) atoms. The van der Waals surface area contributed by atoms with Crippen LogP contribution in [0.25, 0.3) is 11.4 Å². The fraction of sp³-hybridized carbons (Fsp3) is 0.133. The number of carbonyl (C=O) groups excluding carboxylic acids is 1. The molecule has 0 radical (unpaired) electrons. The zero-order chi connectivity index (χ0) is 19.4. The Morgan fingerprint density at radius 1 is 1.33 bits per heavy atom. The van der Waals surface area contributed by atoms with E-state index in [-0.39, 0.29) is 5.82 Å². The number of aromatic carboxylic acids is 1. The smallest absolute Gasteiger partial charge is 0.358 e. The van der Waals surface area contributed by atoms with Gasteiger partial charge in [-0.2, -0.15) is 5.10 Å². The first-order chi connectivity index (χ1) is 13.0. The van der Waals surface area contributed by atoms with Crippen molar-refractivity contribution in [1.29, 1.82) is 0 Å². The number of aromatic nitrogens is 4. The number of hydrogen-bond acceptors (Lipinski definition) is 7. The van der Waals surface area contributed by atoms with Gasteiger partial charge in [0, 0.05) is 29.7 Å². The van der Waals surface area contributed by atoms with E-state index in [4.69, 9.17) is 5.11 Å². The monoisotopic (exact) mass is 390 g/mol. The number of nitrogens with one attached hydrogen (secondary N) is 3. The molecule has 0 aliphatic carbocycles. The minimum Gasteiger partial charge on any atom is -0.501 e. The molecule has 3 rings (SSSR count). The van der Waals surface area contributed by atoms with Crippen molar-refractivity contribution in [2.75, 3.05) is 11.9 Å². The highest BCUT2D eigenvalue weighted by Gasteiger charge is 2.19. The fourth-order valence-corrected chi connectivity index (χ4v) is 2.97. The number of carboxylic acid groups (broad SMARTS) is 1. The summed E-state index contributed by atoms with van der Waals surface area (Å²) in [6.45, 7) is 0.830. The Kier molecular flexibility index (Phi) is 5.17. The summed E-state index contributed by atoms with van der Waals surface area (Å²) in [5, 5.41) is 31.0. The molecule has 3 aromatic heterocycles. The SMILES string of the molecule is O=C(NCCn1cccn1)Nc1cscc1-c1nc(C(=O)O)c(O)c(=O)[nH]1. The highest BCUT2D eigenvalue weighted by Crippen LogP contribution is 2.29. The summed E-state index contributed by atoms with van der Waals surface area (Å²) in [6, 6.07) is 1.29. The normalized spacial score (nSPS) is 10.5. The van der Waals surface area contributed by atoms with Gasteiger partial charge in [0.25, 0.3) is 5.56 Å². The van der Waals surface area contributed by atoms with Crippen molar-refractivity contribution in [2.45, 2.75) is 6.54 Å². The Balaban J connectivity index is 1.73. The number of carboxylic acids is 1. The minimum atomic E-state index is -1.54. The number of aromatic hydroxyl groups is 1. The van der Waals surface area contributed by atoms with E-state index in [1.54, 1.807) is 33.9 Å². The van der Waals surface area contributed by atoms with Gasteiger partial charge >= 0.3 is 12.0 Å². The van der Waals surface area contributed by atoms with Gasteiger partial charge in [0.15, 0.2) is 5.69 Å². The molecule has 11 nitrogen and oxygen atoms in total. The second kappa shape index (κ2) is 7.70. The van der Waals surface area contributed by atoms with Crippen LogP contribution in [0.2, 0.25) is 0 Å². The molecule has 0 unspecified atom stereocenters. The molecular weight excluding hydrogens is 376 g/mol. The van der Waals surface area contributed by atoms with Gasteiger partial charge < -0.3 is 25.8 Å². The first kappa shape index (κ1) is 18.1. The fourth-order valence-electron chi connectivity index (χ4n) is 2.20. The van der Waals surface area contributed by atoms with Crippen molar-refractivity contribution in [2.24, 2.45) is 0 Å². The number of thiophene rings is 1. The third kappa shape index (κ3) is 4.12. The van der Waals surface area contributed by atoms with Gasteiger partial charge in [-0.15, -0.1) is 11.3 Å². The minimum absolute atomic E-state index is 0.0803. The number of aromatic amines is 1. The van der Waals surface area contributed by atoms with Gasteiger partial charge in [-0.25, -0.2) is 14.6 Å². The Morgan fingerprint density at radius 2 is 2.15 bits per heavy atom. The van der Waals surface area contributed by atoms with E-state index in [1.165, 1.54) is 11.3 Å². The van der Waals surface area contributed by atoms with E-state index >= 15 is 0 Å². The molecule has 3 aromatic rings. The van der Waals surface area contributed by atoms with E-state index in [2.05, 4.69) is 25.7 Å². The number of urea groups is 1. The molecule has 0 atom stereocenters. The van der Waals surface area contributed by atoms with Crippen LogP contribution in [-0.2, 0) is 6.54 Å². The first-order valence-corrected chi connectivity index (χ1v) is 8.55. The predicted octanol–water partition coefficient (Wildman–Crippen LogP) is 0.920. The lowest BCUT2D eigenvalue weighted by Crippen LogP contribution is -2.31. The van der Waals surface area contributed by atoms with Crippen LogP contribution in [0.1, 0.15) is 10.5 Å². The Bertz CT molecular complexity index is 1030. The summed E-state index contributed by atoms with van der Waals surface area (Å²) >= 11 is 1.22. The standard InChI is InChI=1S/C15H14N6O5S/c22-11-10(14(24)25)19-12(20-13(11)23)8-6-27-7-9(8)18-15(26)16-3-5-21-4-1-2-17-21/h1-2,4,6-7,22H,3,5H2,(H,24,25)(H2,16,18,26)(H,19,20,23). The molecule has 0 aliphatic heterocycles. The molecule has 0 saturated heterocycles. The summed E-state index contributed by atoms with van der Waals surface area (Å²) in [5.41, 5.74) is -1.10. The van der Waals surface area contributed by atoms with E-state index < -0.39 is 29.0 Å². The number of carbonyl (C=O) groups is 2. The van der Waals surface area contributed by atoms with Crippen LogP contribution in [0.5, 0.6) is 5.75 Å². The van der Waals surface area contributed by atoms with Crippen molar-refractivity contribution >= 4 is 29.0 Å². The summed E-state index contributed by atoms with van der Waals surface area (Å²) in [7, 11) is 0. The lowest BCUT2D eigenvalue weighted by molar-refractivity contribution is 0.0686. The third-order valence-electron chi connectivity index (χ3n) is 3.45. The Morgan fingerprint density at radius 3 is 2.85 bits per heavy atom. The topological polar surface area (TPSA) is 162 Å². The van der Waals surface area contributed by atoms with Crippen LogP contribution in [0.3, 0.4) is 0 Å². The van der Waals surface area contributed by atoms with Crippen molar-refractivity contribution in [1.82, 2.24) is 25.1 Å². The molecule has 2 amide bonds. The third-order valence-corrected chi connectivity index (χ3v) is 4.19. The molecule has 0 bridgehead atoms. The number of nitrogens with zero attached hydrogens (tertiary/aromatic N) is 3. The maximum atomic E-state index is 12.0. The average Bonchev–Trinajstić information content (AvgIpc) is 3.29. The van der Waals surface area contributed by atoms with Crippen LogP contribution in [0.15, 0.2) is 34.0 Å². The Hall–Kier alpha value is -3.67. The van der Waals surface area contributed by atoms with Crippen molar-refractivity contribution in [3.63, 3.8) is 0 Å². The molecule has 0 aliphatic rings. The predicted molar refractivity (Wildman–Crippen MR) is 96.0 cm³/mol. The maximum absolute atomic E-state index is 12.0. The molecule has 0 aromatic carbocycles. The average molecular weight is 390 g/mol. The Labute approximate surface area is 155 Å². The molecule has 3 heterocycles. The van der Waals surface area contributed by atoms with Gasteiger partial charge in [-0.05, 0) is 6.07 Å². The van der Waals surface area contributed by atoms with Crippen molar-refractivity contribution < 1.29 is 19.8 Å². The largest absolute Gasteiger partial charge is 0.501 e. The lowest BCUT2D eigenvalue weighted by atomic mass is 10.2.